The molecule has 0 bridgehead atoms. The van der Waals surface area contributed by atoms with Crippen molar-refractivity contribution in [2.75, 3.05) is 26.2 Å². The van der Waals surface area contributed by atoms with Crippen LogP contribution in [0, 0.1) is 0 Å². The van der Waals surface area contributed by atoms with E-state index >= 15 is 0 Å². The lowest BCUT2D eigenvalue weighted by atomic mass is 10.1. The number of halogens is 3. The normalized spacial score (nSPS) is 15.2. The molecule has 1 aliphatic rings. The van der Waals surface area contributed by atoms with Crippen LogP contribution in [0.25, 0.3) is 0 Å². The van der Waals surface area contributed by atoms with Gasteiger partial charge in [-0.25, -0.2) is 0 Å². The summed E-state index contributed by atoms with van der Waals surface area (Å²) in [6.07, 6.45) is 2.24. The summed E-state index contributed by atoms with van der Waals surface area (Å²) in [4.78, 5) is 13.8. The number of thiophene rings is 1. The lowest BCUT2D eigenvalue weighted by Gasteiger charge is -2.27. The van der Waals surface area contributed by atoms with E-state index in [4.69, 9.17) is 23.2 Å². The number of piperazine rings is 1. The van der Waals surface area contributed by atoms with Gasteiger partial charge in [-0.2, -0.15) is 0 Å². The molecule has 2 rings (SSSR count). The minimum atomic E-state index is 0. The van der Waals surface area contributed by atoms with E-state index in [1.165, 1.54) is 11.3 Å². The highest BCUT2D eigenvalue weighted by Crippen LogP contribution is 2.32. The molecule has 0 unspecified atom stereocenters. The summed E-state index contributed by atoms with van der Waals surface area (Å²) in [5.41, 5.74) is 1.06. The Morgan fingerprint density at radius 1 is 1.37 bits per heavy atom. The standard InChI is InChI=1S/C12H16Cl2N2OS.ClH/c13-10-8-9(12(14)18-10)2-1-3-11(17)16-6-4-15-5-7-16;/h8,15H,1-7H2;1H. The van der Waals surface area contributed by atoms with E-state index in [1.807, 2.05) is 11.0 Å². The van der Waals surface area contributed by atoms with Crippen LogP contribution in [0.5, 0.6) is 0 Å². The second-order valence-electron chi connectivity index (χ2n) is 4.33. The summed E-state index contributed by atoms with van der Waals surface area (Å²) in [5.74, 6) is 0.244. The number of nitrogens with one attached hydrogen (secondary N) is 1. The average molecular weight is 344 g/mol. The van der Waals surface area contributed by atoms with Gasteiger partial charge >= 0.3 is 0 Å². The lowest BCUT2D eigenvalue weighted by Crippen LogP contribution is -2.46. The van der Waals surface area contributed by atoms with E-state index in [1.54, 1.807) is 0 Å². The van der Waals surface area contributed by atoms with Crippen molar-refractivity contribution in [1.82, 2.24) is 10.2 Å². The van der Waals surface area contributed by atoms with Crippen LogP contribution in [0.2, 0.25) is 8.67 Å². The van der Waals surface area contributed by atoms with E-state index in [2.05, 4.69) is 5.32 Å². The first kappa shape index (κ1) is 17.1. The Morgan fingerprint density at radius 2 is 2.05 bits per heavy atom. The molecule has 3 nitrogen and oxygen atoms in total. The van der Waals surface area contributed by atoms with Gasteiger partial charge < -0.3 is 10.2 Å². The van der Waals surface area contributed by atoms with Gasteiger partial charge in [-0.15, -0.1) is 23.7 Å². The molecule has 1 N–H and O–H groups in total. The predicted octanol–water partition coefficient (Wildman–Crippen LogP) is 3.23. The molecular formula is C12H17Cl3N2OS. The van der Waals surface area contributed by atoms with Gasteiger partial charge in [-0.05, 0) is 24.5 Å². The minimum absolute atomic E-state index is 0. The van der Waals surface area contributed by atoms with Crippen molar-refractivity contribution in [2.24, 2.45) is 0 Å². The Morgan fingerprint density at radius 3 is 2.63 bits per heavy atom. The van der Waals surface area contributed by atoms with Gasteiger partial charge in [0.25, 0.3) is 0 Å². The Hall–Kier alpha value is -0.000000000000000104. The van der Waals surface area contributed by atoms with Gasteiger partial charge in [0.1, 0.15) is 0 Å². The fraction of sp³-hybridized carbons (Fsp3) is 0.583. The predicted molar refractivity (Wildman–Crippen MR) is 84.0 cm³/mol. The Kier molecular flexibility index (Phi) is 7.47. The van der Waals surface area contributed by atoms with Crippen molar-refractivity contribution in [3.05, 3.63) is 20.3 Å². The zero-order valence-corrected chi connectivity index (χ0v) is 13.6. The second kappa shape index (κ2) is 8.32. The van der Waals surface area contributed by atoms with Crippen LogP contribution >= 0.6 is 46.9 Å². The van der Waals surface area contributed by atoms with Crippen LogP contribution < -0.4 is 5.32 Å². The smallest absolute Gasteiger partial charge is 0.222 e. The quantitative estimate of drug-likeness (QED) is 0.910. The van der Waals surface area contributed by atoms with Crippen molar-refractivity contribution in [1.29, 1.82) is 0 Å². The second-order valence-corrected chi connectivity index (χ2v) is 6.62. The number of hydrogen-bond donors (Lipinski definition) is 1. The summed E-state index contributed by atoms with van der Waals surface area (Å²) < 4.78 is 1.46. The van der Waals surface area contributed by atoms with Crippen molar-refractivity contribution >= 4 is 52.9 Å². The first-order valence-electron chi connectivity index (χ1n) is 6.09. The van der Waals surface area contributed by atoms with Crippen molar-refractivity contribution in [3.63, 3.8) is 0 Å². The number of aryl methyl sites for hydroxylation is 1. The van der Waals surface area contributed by atoms with E-state index in [0.717, 1.165) is 48.9 Å². The minimum Gasteiger partial charge on any atom is -0.340 e. The molecule has 1 aromatic rings. The van der Waals surface area contributed by atoms with Gasteiger partial charge in [-0.1, -0.05) is 23.2 Å². The average Bonchev–Trinajstić information content (AvgIpc) is 2.69. The maximum Gasteiger partial charge on any atom is 0.222 e. The molecule has 1 aromatic heterocycles. The molecule has 19 heavy (non-hydrogen) atoms. The van der Waals surface area contributed by atoms with Crippen LogP contribution in [0.4, 0.5) is 0 Å². The van der Waals surface area contributed by atoms with Gasteiger partial charge in [0.2, 0.25) is 5.91 Å². The molecule has 0 radical (unpaired) electrons. The molecule has 0 saturated carbocycles. The maximum absolute atomic E-state index is 11.9. The van der Waals surface area contributed by atoms with Crippen LogP contribution in [0.1, 0.15) is 18.4 Å². The number of rotatable bonds is 4. The van der Waals surface area contributed by atoms with Crippen molar-refractivity contribution in [2.45, 2.75) is 19.3 Å². The fourth-order valence-corrected chi connectivity index (χ4v) is 3.59. The van der Waals surface area contributed by atoms with Crippen molar-refractivity contribution in [3.8, 4) is 0 Å². The molecule has 1 aliphatic heterocycles. The Labute approximate surface area is 133 Å². The number of hydrogen-bond acceptors (Lipinski definition) is 3. The highest BCUT2D eigenvalue weighted by atomic mass is 35.5. The lowest BCUT2D eigenvalue weighted by molar-refractivity contribution is -0.131. The largest absolute Gasteiger partial charge is 0.340 e. The molecule has 1 saturated heterocycles. The molecule has 108 valence electrons. The summed E-state index contributed by atoms with van der Waals surface area (Å²) in [6.45, 7) is 3.45. The van der Waals surface area contributed by atoms with E-state index in [9.17, 15) is 4.79 Å². The molecular weight excluding hydrogens is 327 g/mol. The molecule has 0 spiro atoms. The Bertz CT molecular complexity index is 419. The maximum atomic E-state index is 11.9. The molecule has 0 aromatic carbocycles. The van der Waals surface area contributed by atoms with Gasteiger partial charge in [0.05, 0.1) is 8.67 Å². The van der Waals surface area contributed by atoms with Crippen LogP contribution in [-0.4, -0.2) is 37.0 Å². The first-order valence-corrected chi connectivity index (χ1v) is 7.66. The number of nitrogens with zero attached hydrogens (tertiary/aromatic N) is 1. The van der Waals surface area contributed by atoms with Gasteiger partial charge in [0.15, 0.2) is 0 Å². The van der Waals surface area contributed by atoms with Crippen LogP contribution in [0.3, 0.4) is 0 Å². The number of amides is 1. The Balaban J connectivity index is 0.00000180. The fourth-order valence-electron chi connectivity index (χ4n) is 2.05. The van der Waals surface area contributed by atoms with Crippen LogP contribution in [0.15, 0.2) is 6.07 Å². The SMILES string of the molecule is Cl.O=C(CCCc1cc(Cl)sc1Cl)N1CCNCC1. The zero-order chi connectivity index (χ0) is 13.0. The van der Waals surface area contributed by atoms with Crippen LogP contribution in [-0.2, 0) is 11.2 Å². The first-order chi connectivity index (χ1) is 8.66. The summed E-state index contributed by atoms with van der Waals surface area (Å²) >= 11 is 13.3. The van der Waals surface area contributed by atoms with E-state index in [0.29, 0.717) is 10.8 Å². The molecule has 7 heteroatoms. The van der Waals surface area contributed by atoms with Crippen molar-refractivity contribution < 1.29 is 4.79 Å². The summed E-state index contributed by atoms with van der Waals surface area (Å²) in [7, 11) is 0. The van der Waals surface area contributed by atoms with E-state index in [-0.39, 0.29) is 18.3 Å². The topological polar surface area (TPSA) is 32.3 Å². The van der Waals surface area contributed by atoms with Gasteiger partial charge in [0, 0.05) is 32.6 Å². The summed E-state index contributed by atoms with van der Waals surface area (Å²) in [5, 5.41) is 3.24. The summed E-state index contributed by atoms with van der Waals surface area (Å²) in [6, 6.07) is 1.89. The number of carbonyl (C=O) groups is 1. The van der Waals surface area contributed by atoms with E-state index < -0.39 is 0 Å². The monoisotopic (exact) mass is 342 g/mol. The molecule has 0 atom stereocenters. The molecule has 1 amide bonds. The third-order valence-electron chi connectivity index (χ3n) is 3.03. The third kappa shape index (κ3) is 5.12. The highest BCUT2D eigenvalue weighted by Gasteiger charge is 2.15. The zero-order valence-electron chi connectivity index (χ0n) is 10.5. The highest BCUT2D eigenvalue weighted by molar-refractivity contribution is 7.20. The third-order valence-corrected chi connectivity index (χ3v) is 4.60. The number of carbonyl (C=O) groups excluding carboxylic acids is 1. The molecule has 0 aliphatic carbocycles. The molecule has 1 fully saturated rings. The van der Waals surface area contributed by atoms with Gasteiger partial charge in [-0.3, -0.25) is 4.79 Å². The molecule has 2 heterocycles.